The van der Waals surface area contributed by atoms with Crippen molar-refractivity contribution in [1.82, 2.24) is 0 Å². The van der Waals surface area contributed by atoms with Gasteiger partial charge in [0.15, 0.2) is 0 Å². The molecule has 0 atom stereocenters. The first-order chi connectivity index (χ1) is 5.39. The van der Waals surface area contributed by atoms with E-state index in [1.807, 2.05) is 6.07 Å². The molecule has 0 saturated carbocycles. The van der Waals surface area contributed by atoms with Crippen LogP contribution in [-0.4, -0.2) is 14.9 Å². The Morgan fingerprint density at radius 3 is 1.67 bits per heavy atom. The number of phenolic OH excluding ortho intramolecular Hbond substituents is 1. The van der Waals surface area contributed by atoms with Crippen molar-refractivity contribution in [3.63, 3.8) is 0 Å². The van der Waals surface area contributed by atoms with E-state index in [-0.39, 0.29) is 0 Å². The summed E-state index contributed by atoms with van der Waals surface area (Å²) >= 11 is 0. The quantitative estimate of drug-likeness (QED) is 0.445. The molecule has 1 aromatic carbocycles. The molecule has 0 aromatic heterocycles. The Balaban J connectivity index is 0.000000217. The van der Waals surface area contributed by atoms with E-state index in [1.165, 1.54) is 0 Å². The zero-order chi connectivity index (χ0) is 9.61. The monoisotopic (exact) mass is 191 g/mol. The van der Waals surface area contributed by atoms with Gasteiger partial charge in [-0.15, -0.1) is 0 Å². The summed E-state index contributed by atoms with van der Waals surface area (Å²) in [6.07, 6.45) is 0. The van der Waals surface area contributed by atoms with Crippen LogP contribution >= 0.6 is 7.75 Å². The first kappa shape index (κ1) is 11.1. The maximum absolute atomic E-state index is 9.10. The van der Waals surface area contributed by atoms with E-state index in [0.717, 1.165) is 0 Å². The van der Waals surface area contributed by atoms with Crippen molar-refractivity contribution in [2.45, 2.75) is 0 Å². The van der Waals surface area contributed by atoms with Gasteiger partial charge in [0.2, 0.25) is 0 Å². The lowest BCUT2D eigenvalue weighted by molar-refractivity contribution is 0.374. The third kappa shape index (κ3) is 11.9. The molecule has 0 spiro atoms. The second kappa shape index (κ2) is 4.90. The Kier molecular flexibility index (Phi) is 4.54. The molecule has 12 heavy (non-hydrogen) atoms. The third-order valence-corrected chi connectivity index (χ3v) is 0.756. The average Bonchev–Trinajstić information content (AvgIpc) is 1.85. The number of rotatable bonds is 0. The van der Waals surface area contributed by atoms with Gasteiger partial charge in [0.1, 0.15) is 5.75 Å². The number of aromatic hydroxyl groups is 1. The molecule has 0 fully saturated rings. The minimum atomic E-state index is -4.14. The summed E-state index contributed by atoms with van der Waals surface area (Å²) in [4.78, 5) is 14.8. The van der Waals surface area contributed by atoms with Crippen LogP contribution in [-0.2, 0) is 4.57 Å². The van der Waals surface area contributed by atoms with Gasteiger partial charge in [-0.25, -0.2) is 10.1 Å². The number of hydrogen-bond donors (Lipinski definition) is 4. The van der Waals surface area contributed by atoms with E-state index < -0.39 is 7.75 Å². The number of para-hydroxylation sites is 1. The van der Waals surface area contributed by atoms with E-state index >= 15 is 0 Å². The SMILES string of the molecule is NP(=O)(O)O.Oc1ccccc1. The van der Waals surface area contributed by atoms with Crippen molar-refractivity contribution in [3.8, 4) is 5.75 Å². The highest BCUT2D eigenvalue weighted by Crippen LogP contribution is 2.20. The Morgan fingerprint density at radius 2 is 1.50 bits per heavy atom. The summed E-state index contributed by atoms with van der Waals surface area (Å²) in [6.45, 7) is 0. The standard InChI is InChI=1S/C6H6O.H4NO3P/c7-6-4-2-1-3-5-6;1-5(2,3)4/h1-5,7H;(H4,1,2,3,4). The van der Waals surface area contributed by atoms with Crippen molar-refractivity contribution in [3.05, 3.63) is 30.3 Å². The molecule has 5 nitrogen and oxygen atoms in total. The maximum atomic E-state index is 9.10. The van der Waals surface area contributed by atoms with Crippen LogP contribution in [0.3, 0.4) is 0 Å². The Hall–Kier alpha value is -0.870. The van der Waals surface area contributed by atoms with Gasteiger partial charge >= 0.3 is 7.75 Å². The highest BCUT2D eigenvalue weighted by molar-refractivity contribution is 7.49. The van der Waals surface area contributed by atoms with Crippen molar-refractivity contribution >= 4 is 7.75 Å². The second-order valence-electron chi connectivity index (χ2n) is 1.92. The fourth-order valence-electron chi connectivity index (χ4n) is 0.428. The second-order valence-corrected chi connectivity index (χ2v) is 3.10. The zero-order valence-corrected chi connectivity index (χ0v) is 7.06. The smallest absolute Gasteiger partial charge is 0.397 e. The molecule has 0 amide bonds. The minimum absolute atomic E-state index is 0.322. The molecule has 0 saturated heterocycles. The summed E-state index contributed by atoms with van der Waals surface area (Å²) in [5.74, 6) is 0.322. The van der Waals surface area contributed by atoms with Gasteiger partial charge in [0.05, 0.1) is 0 Å². The molecule has 0 aliphatic rings. The lowest BCUT2D eigenvalue weighted by atomic mass is 10.3. The summed E-state index contributed by atoms with van der Waals surface area (Å²) in [5, 5.41) is 8.63. The van der Waals surface area contributed by atoms with Crippen molar-refractivity contribution in [2.75, 3.05) is 0 Å². The molecule has 0 unspecified atom stereocenters. The van der Waals surface area contributed by atoms with E-state index in [4.69, 9.17) is 19.5 Å². The van der Waals surface area contributed by atoms with E-state index in [2.05, 4.69) is 5.50 Å². The molecule has 1 aromatic rings. The molecular weight excluding hydrogens is 181 g/mol. The van der Waals surface area contributed by atoms with Crippen molar-refractivity contribution in [1.29, 1.82) is 0 Å². The molecule has 1 rings (SSSR count). The highest BCUT2D eigenvalue weighted by Gasteiger charge is 1.96. The van der Waals surface area contributed by atoms with Gasteiger partial charge in [-0.3, -0.25) is 0 Å². The lowest BCUT2D eigenvalue weighted by Gasteiger charge is -1.84. The summed E-state index contributed by atoms with van der Waals surface area (Å²) in [5.41, 5.74) is 4.02. The summed E-state index contributed by atoms with van der Waals surface area (Å²) in [7, 11) is -4.14. The van der Waals surface area contributed by atoms with Gasteiger partial charge in [0, 0.05) is 0 Å². The Bertz CT molecular complexity index is 249. The number of benzene rings is 1. The average molecular weight is 191 g/mol. The van der Waals surface area contributed by atoms with Gasteiger partial charge < -0.3 is 14.9 Å². The first-order valence-corrected chi connectivity index (χ1v) is 4.66. The molecule has 0 aliphatic carbocycles. The Labute approximate surface area is 69.7 Å². The normalized spacial score (nSPS) is 9.92. The first-order valence-electron chi connectivity index (χ1n) is 2.98. The van der Waals surface area contributed by atoms with E-state index in [1.54, 1.807) is 24.3 Å². The van der Waals surface area contributed by atoms with Gasteiger partial charge in [-0.2, -0.15) is 0 Å². The van der Waals surface area contributed by atoms with Crippen LogP contribution in [0.15, 0.2) is 30.3 Å². The maximum Gasteiger partial charge on any atom is 0.397 e. The van der Waals surface area contributed by atoms with E-state index in [0.29, 0.717) is 5.75 Å². The van der Waals surface area contributed by atoms with E-state index in [9.17, 15) is 0 Å². The van der Waals surface area contributed by atoms with Crippen molar-refractivity contribution < 1.29 is 19.5 Å². The predicted octanol–water partition coefficient (Wildman–Crippen LogP) is 0.430. The molecule has 6 heteroatoms. The minimum Gasteiger partial charge on any atom is -0.508 e. The molecular formula is C6H10NO4P. The molecule has 0 radical (unpaired) electrons. The van der Waals surface area contributed by atoms with Crippen LogP contribution in [0.5, 0.6) is 5.75 Å². The predicted molar refractivity (Wildman–Crippen MR) is 44.3 cm³/mol. The summed E-state index contributed by atoms with van der Waals surface area (Å²) < 4.78 is 9.10. The van der Waals surface area contributed by atoms with Crippen LogP contribution in [0.1, 0.15) is 0 Å². The van der Waals surface area contributed by atoms with Crippen LogP contribution in [0.2, 0.25) is 0 Å². The fourth-order valence-corrected chi connectivity index (χ4v) is 0.428. The number of hydrogen-bond acceptors (Lipinski definition) is 2. The van der Waals surface area contributed by atoms with Gasteiger partial charge in [0.25, 0.3) is 0 Å². The molecule has 0 heterocycles. The molecule has 5 N–H and O–H groups in total. The lowest BCUT2D eigenvalue weighted by Crippen LogP contribution is -1.87. The third-order valence-electron chi connectivity index (χ3n) is 0.756. The number of phenols is 1. The van der Waals surface area contributed by atoms with Crippen LogP contribution in [0, 0.1) is 0 Å². The molecule has 0 aliphatic heterocycles. The molecule has 0 bridgehead atoms. The zero-order valence-electron chi connectivity index (χ0n) is 6.16. The van der Waals surface area contributed by atoms with Crippen LogP contribution in [0.25, 0.3) is 0 Å². The molecule has 68 valence electrons. The number of nitrogens with two attached hydrogens (primary N) is 1. The van der Waals surface area contributed by atoms with Crippen LogP contribution < -0.4 is 5.50 Å². The van der Waals surface area contributed by atoms with Crippen molar-refractivity contribution in [2.24, 2.45) is 5.50 Å². The van der Waals surface area contributed by atoms with Gasteiger partial charge in [-0.1, -0.05) is 18.2 Å². The highest BCUT2D eigenvalue weighted by atomic mass is 31.2. The Morgan fingerprint density at radius 1 is 1.17 bits per heavy atom. The topological polar surface area (TPSA) is 104 Å². The summed E-state index contributed by atoms with van der Waals surface area (Å²) in [6, 6.07) is 8.71. The largest absolute Gasteiger partial charge is 0.508 e. The fraction of sp³-hybridized carbons (Fsp3) is 0. The van der Waals surface area contributed by atoms with Crippen LogP contribution in [0.4, 0.5) is 0 Å². The van der Waals surface area contributed by atoms with Gasteiger partial charge in [-0.05, 0) is 12.1 Å².